The van der Waals surface area contributed by atoms with E-state index in [4.69, 9.17) is 16.2 Å². The predicted octanol–water partition coefficient (Wildman–Crippen LogP) is 4.23. The van der Waals surface area contributed by atoms with Crippen LogP contribution in [0.3, 0.4) is 0 Å². The number of nitrogens with zero attached hydrogens (tertiary/aromatic N) is 1. The molecule has 0 unspecified atom stereocenters. The fourth-order valence-electron chi connectivity index (χ4n) is 5.46. The molecule has 0 aromatic heterocycles. The number of nitrogens with two attached hydrogens (primary N) is 1. The number of hydrogen-bond acceptors (Lipinski definition) is 5. The minimum Gasteiger partial charge on any atom is -0.481 e. The van der Waals surface area contributed by atoms with Crippen molar-refractivity contribution in [1.29, 1.82) is 5.41 Å². The second-order valence-electron chi connectivity index (χ2n) is 11.6. The largest absolute Gasteiger partial charge is 0.481 e. The molecule has 238 valence electrons. The summed E-state index contributed by atoms with van der Waals surface area (Å²) in [6, 6.07) is 15.8. The van der Waals surface area contributed by atoms with Gasteiger partial charge in [0, 0.05) is 31.5 Å². The van der Waals surface area contributed by atoms with Gasteiger partial charge in [-0.25, -0.2) is 8.42 Å². The maximum atomic E-state index is 13.6. The maximum absolute atomic E-state index is 13.6. The number of halogens is 1. The van der Waals surface area contributed by atoms with Gasteiger partial charge in [-0.15, -0.1) is 12.4 Å². The minimum absolute atomic E-state index is 0. The second kappa shape index (κ2) is 16.6. The lowest BCUT2D eigenvalue weighted by atomic mass is 9.78. The van der Waals surface area contributed by atoms with Gasteiger partial charge in [0.15, 0.2) is 5.96 Å². The summed E-state index contributed by atoms with van der Waals surface area (Å²) in [5.74, 6) is -0.796. The quantitative estimate of drug-likeness (QED) is 0.111. The van der Waals surface area contributed by atoms with E-state index in [9.17, 15) is 18.0 Å². The monoisotopic (exact) mass is 635 g/mol. The zero-order chi connectivity index (χ0) is 30.8. The number of likely N-dealkylation sites (tertiary alicyclic amines) is 1. The van der Waals surface area contributed by atoms with Crippen molar-refractivity contribution in [2.24, 2.45) is 11.7 Å². The summed E-state index contributed by atoms with van der Waals surface area (Å²) in [6.07, 6.45) is 4.90. The summed E-state index contributed by atoms with van der Waals surface area (Å²) in [6.45, 7) is 5.51. The molecule has 6 N–H and O–H groups in total. The van der Waals surface area contributed by atoms with Crippen molar-refractivity contribution in [3.05, 3.63) is 65.7 Å². The van der Waals surface area contributed by atoms with Crippen LogP contribution >= 0.6 is 12.4 Å². The van der Waals surface area contributed by atoms with Gasteiger partial charge in [0.25, 0.3) is 0 Å². The SMILES string of the molecule is CC(C)(c1ccccc1)c1cccc(S(=O)(=O)N[C@@H](CCCNC(=N)N)C(=O)N2CCC(CCCCC(=O)O)CC2)c1.Cl. The van der Waals surface area contributed by atoms with Gasteiger partial charge in [0.05, 0.1) is 4.90 Å². The van der Waals surface area contributed by atoms with Crippen molar-refractivity contribution >= 4 is 40.3 Å². The molecule has 2 aromatic rings. The number of rotatable bonds is 15. The Morgan fingerprint density at radius 1 is 1.05 bits per heavy atom. The third-order valence-electron chi connectivity index (χ3n) is 8.12. The minimum atomic E-state index is -4.03. The first-order valence-corrected chi connectivity index (χ1v) is 16.2. The van der Waals surface area contributed by atoms with Crippen molar-refractivity contribution < 1.29 is 23.1 Å². The molecular weight excluding hydrogens is 590 g/mol. The number of amides is 1. The van der Waals surface area contributed by atoms with Crippen LogP contribution in [0.15, 0.2) is 59.5 Å². The lowest BCUT2D eigenvalue weighted by Gasteiger charge is -2.34. The number of carboxylic acids is 1. The van der Waals surface area contributed by atoms with Crippen LogP contribution in [0.2, 0.25) is 0 Å². The van der Waals surface area contributed by atoms with Gasteiger partial charge in [0.2, 0.25) is 15.9 Å². The van der Waals surface area contributed by atoms with Crippen molar-refractivity contribution in [1.82, 2.24) is 14.9 Å². The van der Waals surface area contributed by atoms with Crippen molar-refractivity contribution in [2.45, 2.75) is 81.6 Å². The summed E-state index contributed by atoms with van der Waals surface area (Å²) >= 11 is 0. The van der Waals surface area contributed by atoms with E-state index in [2.05, 4.69) is 10.0 Å². The molecule has 1 atom stereocenters. The number of benzene rings is 2. The Bertz CT molecular complexity index is 1310. The molecule has 10 nitrogen and oxygen atoms in total. The molecule has 0 bridgehead atoms. The van der Waals surface area contributed by atoms with E-state index < -0.39 is 27.4 Å². The first kappa shape index (κ1) is 36.0. The second-order valence-corrected chi connectivity index (χ2v) is 13.3. The average molecular weight is 636 g/mol. The number of sulfonamides is 1. The molecule has 43 heavy (non-hydrogen) atoms. The van der Waals surface area contributed by atoms with E-state index in [0.29, 0.717) is 38.4 Å². The van der Waals surface area contributed by atoms with E-state index in [0.717, 1.165) is 36.8 Å². The predicted molar refractivity (Wildman–Crippen MR) is 171 cm³/mol. The number of carboxylic acid groups (broad SMARTS) is 1. The summed E-state index contributed by atoms with van der Waals surface area (Å²) in [7, 11) is -4.03. The number of guanidine groups is 1. The molecule has 1 fully saturated rings. The fraction of sp³-hybridized carbons (Fsp3) is 0.516. The fourth-order valence-corrected chi connectivity index (χ4v) is 6.73. The summed E-state index contributed by atoms with van der Waals surface area (Å²) in [4.78, 5) is 26.2. The smallest absolute Gasteiger partial charge is 0.303 e. The van der Waals surface area contributed by atoms with Gasteiger partial charge in [-0.3, -0.25) is 15.0 Å². The number of carbonyl (C=O) groups excluding carboxylic acids is 1. The Kier molecular flexibility index (Phi) is 13.9. The van der Waals surface area contributed by atoms with Crippen LogP contribution in [0.1, 0.15) is 76.3 Å². The third-order valence-corrected chi connectivity index (χ3v) is 9.59. The third kappa shape index (κ3) is 10.8. The van der Waals surface area contributed by atoms with Gasteiger partial charge in [-0.05, 0) is 61.3 Å². The summed E-state index contributed by atoms with van der Waals surface area (Å²) in [5, 5.41) is 18.9. The van der Waals surface area contributed by atoms with E-state index in [-0.39, 0.29) is 42.0 Å². The molecule has 0 saturated carbocycles. The summed E-state index contributed by atoms with van der Waals surface area (Å²) < 4.78 is 30.0. The molecule has 1 saturated heterocycles. The highest BCUT2D eigenvalue weighted by Crippen LogP contribution is 2.32. The molecule has 0 spiro atoms. The van der Waals surface area contributed by atoms with Gasteiger partial charge in [-0.1, -0.05) is 69.2 Å². The average Bonchev–Trinajstić information content (AvgIpc) is 2.97. The van der Waals surface area contributed by atoms with Crippen LogP contribution in [0, 0.1) is 11.3 Å². The highest BCUT2D eigenvalue weighted by molar-refractivity contribution is 7.89. The number of hydrogen-bond donors (Lipinski definition) is 5. The Morgan fingerprint density at radius 2 is 1.70 bits per heavy atom. The topological polar surface area (TPSA) is 166 Å². The van der Waals surface area contributed by atoms with Crippen LogP contribution in [0.4, 0.5) is 0 Å². The highest BCUT2D eigenvalue weighted by Gasteiger charge is 2.32. The van der Waals surface area contributed by atoms with Gasteiger partial charge < -0.3 is 21.1 Å². The first-order valence-electron chi connectivity index (χ1n) is 14.7. The molecule has 1 heterocycles. The first-order chi connectivity index (χ1) is 19.9. The van der Waals surface area contributed by atoms with E-state index >= 15 is 0 Å². The normalized spacial score (nSPS) is 14.9. The maximum Gasteiger partial charge on any atom is 0.303 e. The molecule has 2 aromatic carbocycles. The molecule has 1 amide bonds. The van der Waals surface area contributed by atoms with E-state index in [1.165, 1.54) is 0 Å². The van der Waals surface area contributed by atoms with E-state index in [1.807, 2.05) is 50.2 Å². The highest BCUT2D eigenvalue weighted by atomic mass is 35.5. The number of piperidine rings is 1. The molecule has 12 heteroatoms. The summed E-state index contributed by atoms with van der Waals surface area (Å²) in [5.41, 5.74) is 6.85. The van der Waals surface area contributed by atoms with Crippen molar-refractivity contribution in [3.63, 3.8) is 0 Å². The van der Waals surface area contributed by atoms with Gasteiger partial charge >= 0.3 is 5.97 Å². The molecular formula is C31H46ClN5O5S. The van der Waals surface area contributed by atoms with Crippen LogP contribution in [-0.2, 0) is 25.0 Å². The lowest BCUT2D eigenvalue weighted by Crippen LogP contribution is -2.51. The Morgan fingerprint density at radius 3 is 2.33 bits per heavy atom. The zero-order valence-corrected chi connectivity index (χ0v) is 26.7. The number of unbranched alkanes of at least 4 members (excludes halogenated alkanes) is 1. The van der Waals surface area contributed by atoms with Crippen LogP contribution in [0.5, 0.6) is 0 Å². The van der Waals surface area contributed by atoms with Crippen LogP contribution in [0.25, 0.3) is 0 Å². The zero-order valence-electron chi connectivity index (χ0n) is 25.1. The molecule has 0 aliphatic carbocycles. The van der Waals surface area contributed by atoms with Crippen molar-refractivity contribution in [2.75, 3.05) is 19.6 Å². The molecule has 0 radical (unpaired) electrons. The number of carbonyl (C=O) groups is 2. The molecule has 1 aliphatic heterocycles. The molecule has 3 rings (SSSR count). The lowest BCUT2D eigenvalue weighted by molar-refractivity contribution is -0.137. The Labute approximate surface area is 261 Å². The van der Waals surface area contributed by atoms with E-state index in [1.54, 1.807) is 23.1 Å². The van der Waals surface area contributed by atoms with Crippen LogP contribution in [-0.4, -0.2) is 61.9 Å². The van der Waals surface area contributed by atoms with Crippen molar-refractivity contribution in [3.8, 4) is 0 Å². The Hall–Kier alpha value is -3.15. The standard InChI is InChI=1S/C31H45N5O5S.ClH/c1-31(2,24-11-4-3-5-12-24)25-13-8-14-26(22-25)42(40,41)35-27(15-9-19-34-30(32)33)29(39)36-20-17-23(18-21-36)10-6-7-16-28(37)38;/h3-5,8,11-14,22-23,27,35H,6-7,9-10,15-21H2,1-2H3,(H,37,38)(H4,32,33,34);1H/t27-;/m0./s1. The van der Waals surface area contributed by atoms with Crippen LogP contribution < -0.4 is 15.8 Å². The van der Waals surface area contributed by atoms with Gasteiger partial charge in [0.1, 0.15) is 6.04 Å². The molecule has 1 aliphatic rings. The Balaban J connectivity index is 0.00000645. The van der Waals surface area contributed by atoms with Gasteiger partial charge in [-0.2, -0.15) is 4.72 Å². The number of aliphatic carboxylic acids is 1. The number of nitrogens with one attached hydrogen (secondary N) is 3.